The fraction of sp³-hybridized carbons (Fsp3) is 0.188. The summed E-state index contributed by atoms with van der Waals surface area (Å²) in [5.74, 6) is 0.624. The Morgan fingerprint density at radius 3 is 2.62 bits per heavy atom. The average Bonchev–Trinajstić information content (AvgIpc) is 2.60. The van der Waals surface area contributed by atoms with Crippen LogP contribution in [0.1, 0.15) is 12.5 Å². The van der Waals surface area contributed by atoms with Crippen molar-refractivity contribution in [3.05, 3.63) is 54.2 Å². The molecule has 0 aliphatic rings. The number of amides is 3. The standard InChI is InChI=1S/C16H17N3O4S/c1-2-22-16(21)18-15(20)19-24-14-9-8-13(10-17-14)23-11-12-6-4-3-5-7-12/h3-10H,2,11H2,1H3,(H2,18,19,20,21). The maximum atomic E-state index is 11.4. The molecule has 2 rings (SSSR count). The van der Waals surface area contributed by atoms with Gasteiger partial charge in [-0.15, -0.1) is 0 Å². The van der Waals surface area contributed by atoms with E-state index in [4.69, 9.17) is 4.74 Å². The Hall–Kier alpha value is -2.74. The Balaban J connectivity index is 1.75. The molecule has 3 amide bonds. The minimum Gasteiger partial charge on any atom is -0.487 e. The second kappa shape index (κ2) is 9.41. The van der Waals surface area contributed by atoms with E-state index in [1.165, 1.54) is 0 Å². The van der Waals surface area contributed by atoms with Crippen LogP contribution in [0.15, 0.2) is 53.7 Å². The van der Waals surface area contributed by atoms with E-state index in [0.29, 0.717) is 17.4 Å². The van der Waals surface area contributed by atoms with Gasteiger partial charge >= 0.3 is 12.1 Å². The Bertz CT molecular complexity index is 665. The molecule has 0 bridgehead atoms. The lowest BCUT2D eigenvalue weighted by atomic mass is 10.2. The number of rotatable bonds is 6. The van der Waals surface area contributed by atoms with Crippen LogP contribution in [-0.2, 0) is 11.3 Å². The molecular weight excluding hydrogens is 330 g/mol. The number of aromatic nitrogens is 1. The van der Waals surface area contributed by atoms with Gasteiger partial charge in [0.25, 0.3) is 0 Å². The molecule has 0 fully saturated rings. The van der Waals surface area contributed by atoms with Crippen LogP contribution in [0.4, 0.5) is 9.59 Å². The molecule has 0 aliphatic heterocycles. The monoisotopic (exact) mass is 347 g/mol. The molecule has 7 nitrogen and oxygen atoms in total. The number of alkyl carbamates (subject to hydrolysis) is 1. The summed E-state index contributed by atoms with van der Waals surface area (Å²) in [6, 6.07) is 12.6. The molecule has 0 aliphatic carbocycles. The molecule has 0 atom stereocenters. The number of ether oxygens (including phenoxy) is 2. The minimum absolute atomic E-state index is 0.193. The summed E-state index contributed by atoms with van der Waals surface area (Å²) in [5, 5.41) is 2.57. The van der Waals surface area contributed by atoms with Crippen LogP contribution < -0.4 is 14.8 Å². The van der Waals surface area contributed by atoms with Gasteiger partial charge in [-0.05, 0) is 24.6 Å². The number of urea groups is 1. The first-order valence-corrected chi connectivity index (χ1v) is 8.02. The molecule has 0 spiro atoms. The maximum Gasteiger partial charge on any atom is 0.415 e. The van der Waals surface area contributed by atoms with Crippen molar-refractivity contribution >= 4 is 24.1 Å². The predicted molar refractivity (Wildman–Crippen MR) is 89.6 cm³/mol. The number of hydrogen-bond acceptors (Lipinski definition) is 6. The van der Waals surface area contributed by atoms with Gasteiger partial charge in [0.05, 0.1) is 12.8 Å². The third-order valence-corrected chi connectivity index (χ3v) is 3.43. The molecule has 24 heavy (non-hydrogen) atoms. The van der Waals surface area contributed by atoms with Gasteiger partial charge in [0.2, 0.25) is 0 Å². The third-order valence-electron chi connectivity index (χ3n) is 2.70. The number of imide groups is 1. The zero-order chi connectivity index (χ0) is 17.2. The van der Waals surface area contributed by atoms with Gasteiger partial charge in [-0.3, -0.25) is 4.72 Å². The summed E-state index contributed by atoms with van der Waals surface area (Å²) in [7, 11) is 0. The van der Waals surface area contributed by atoms with Gasteiger partial charge in [0.1, 0.15) is 17.4 Å². The number of benzene rings is 1. The van der Waals surface area contributed by atoms with E-state index in [1.807, 2.05) is 35.6 Å². The lowest BCUT2D eigenvalue weighted by molar-refractivity contribution is 0.153. The van der Waals surface area contributed by atoms with E-state index in [1.54, 1.807) is 25.3 Å². The molecule has 2 N–H and O–H groups in total. The highest BCUT2D eigenvalue weighted by molar-refractivity contribution is 7.97. The van der Waals surface area contributed by atoms with Gasteiger partial charge < -0.3 is 9.47 Å². The predicted octanol–water partition coefficient (Wildman–Crippen LogP) is 3.12. The highest BCUT2D eigenvalue weighted by Gasteiger charge is 2.08. The van der Waals surface area contributed by atoms with Crippen LogP contribution in [0.2, 0.25) is 0 Å². The van der Waals surface area contributed by atoms with Crippen molar-refractivity contribution in [3.8, 4) is 5.75 Å². The van der Waals surface area contributed by atoms with Crippen molar-refractivity contribution in [1.29, 1.82) is 0 Å². The molecule has 1 heterocycles. The number of pyridine rings is 1. The maximum absolute atomic E-state index is 11.4. The molecule has 8 heteroatoms. The lowest BCUT2D eigenvalue weighted by Gasteiger charge is -2.07. The summed E-state index contributed by atoms with van der Waals surface area (Å²) in [6.07, 6.45) is 0.768. The van der Waals surface area contributed by atoms with Crippen LogP contribution in [0, 0.1) is 0 Å². The van der Waals surface area contributed by atoms with Gasteiger partial charge in [0.15, 0.2) is 0 Å². The van der Waals surface area contributed by atoms with Crippen LogP contribution >= 0.6 is 11.9 Å². The van der Waals surface area contributed by atoms with Gasteiger partial charge in [-0.2, -0.15) is 0 Å². The summed E-state index contributed by atoms with van der Waals surface area (Å²) < 4.78 is 12.6. The van der Waals surface area contributed by atoms with E-state index in [9.17, 15) is 9.59 Å². The number of carbonyl (C=O) groups excluding carboxylic acids is 2. The number of nitrogens with zero attached hydrogens (tertiary/aromatic N) is 1. The van der Waals surface area contributed by atoms with Crippen molar-refractivity contribution < 1.29 is 19.1 Å². The average molecular weight is 347 g/mol. The van der Waals surface area contributed by atoms with Crippen molar-refractivity contribution in [2.75, 3.05) is 6.61 Å². The van der Waals surface area contributed by atoms with Crippen molar-refractivity contribution in [3.63, 3.8) is 0 Å². The Morgan fingerprint density at radius 1 is 1.17 bits per heavy atom. The van der Waals surface area contributed by atoms with E-state index in [-0.39, 0.29) is 6.61 Å². The normalized spacial score (nSPS) is 9.88. The Morgan fingerprint density at radius 2 is 1.96 bits per heavy atom. The quantitative estimate of drug-likeness (QED) is 0.781. The Labute approximate surface area is 143 Å². The molecule has 0 saturated heterocycles. The number of nitrogens with one attached hydrogen (secondary N) is 2. The zero-order valence-electron chi connectivity index (χ0n) is 13.0. The first kappa shape index (κ1) is 17.6. The van der Waals surface area contributed by atoms with Crippen LogP contribution in [-0.4, -0.2) is 23.7 Å². The highest BCUT2D eigenvalue weighted by atomic mass is 32.2. The smallest absolute Gasteiger partial charge is 0.415 e. The van der Waals surface area contributed by atoms with Crippen molar-refractivity contribution in [2.24, 2.45) is 0 Å². The van der Waals surface area contributed by atoms with Crippen molar-refractivity contribution in [1.82, 2.24) is 15.0 Å². The van der Waals surface area contributed by atoms with Gasteiger partial charge in [-0.25, -0.2) is 19.9 Å². The van der Waals surface area contributed by atoms with Crippen molar-refractivity contribution in [2.45, 2.75) is 18.6 Å². The SMILES string of the molecule is CCOC(=O)NC(=O)NSc1ccc(OCc2ccccc2)cn1. The second-order valence-electron chi connectivity index (χ2n) is 4.49. The fourth-order valence-electron chi connectivity index (χ4n) is 1.64. The molecule has 1 aromatic carbocycles. The zero-order valence-corrected chi connectivity index (χ0v) is 13.8. The van der Waals surface area contributed by atoms with E-state index < -0.39 is 12.1 Å². The topological polar surface area (TPSA) is 89.5 Å². The summed E-state index contributed by atoms with van der Waals surface area (Å²) in [5.41, 5.74) is 1.06. The molecular formula is C16H17N3O4S. The Kier molecular flexibility index (Phi) is 6.91. The van der Waals surface area contributed by atoms with Crippen LogP contribution in [0.25, 0.3) is 0 Å². The number of hydrogen-bond donors (Lipinski definition) is 2. The molecule has 126 valence electrons. The first-order valence-electron chi connectivity index (χ1n) is 7.20. The summed E-state index contributed by atoms with van der Waals surface area (Å²) in [4.78, 5) is 26.7. The number of carbonyl (C=O) groups is 2. The first-order chi connectivity index (χ1) is 11.7. The third kappa shape index (κ3) is 6.17. The van der Waals surface area contributed by atoms with E-state index in [0.717, 1.165) is 17.5 Å². The summed E-state index contributed by atoms with van der Waals surface area (Å²) >= 11 is 0.975. The molecule has 0 saturated carbocycles. The fourth-order valence-corrected chi connectivity index (χ4v) is 2.13. The highest BCUT2D eigenvalue weighted by Crippen LogP contribution is 2.16. The van der Waals surface area contributed by atoms with E-state index >= 15 is 0 Å². The lowest BCUT2D eigenvalue weighted by Crippen LogP contribution is -2.36. The van der Waals surface area contributed by atoms with Gasteiger partial charge in [0, 0.05) is 11.9 Å². The molecule has 1 aromatic heterocycles. The summed E-state index contributed by atoms with van der Waals surface area (Å²) in [6.45, 7) is 2.30. The second-order valence-corrected chi connectivity index (χ2v) is 5.31. The minimum atomic E-state index is -0.798. The van der Waals surface area contributed by atoms with Crippen LogP contribution in [0.3, 0.4) is 0 Å². The largest absolute Gasteiger partial charge is 0.487 e. The van der Waals surface area contributed by atoms with E-state index in [2.05, 4.69) is 14.4 Å². The van der Waals surface area contributed by atoms with Crippen LogP contribution in [0.5, 0.6) is 5.75 Å². The molecule has 0 radical (unpaired) electrons. The molecule has 2 aromatic rings. The molecule has 0 unspecified atom stereocenters. The van der Waals surface area contributed by atoms with Gasteiger partial charge in [-0.1, -0.05) is 30.3 Å².